The number of nitrogens with zero attached hydrogens (tertiary/aromatic N) is 6. The van der Waals surface area contributed by atoms with Crippen LogP contribution in [-0.4, -0.2) is 64.5 Å². The minimum absolute atomic E-state index is 0.0186. The number of hydrogen-bond donors (Lipinski definition) is 2. The van der Waals surface area contributed by atoms with E-state index in [4.69, 9.17) is 12.2 Å². The van der Waals surface area contributed by atoms with E-state index in [-0.39, 0.29) is 10.8 Å². The number of anilines is 3. The van der Waals surface area contributed by atoms with Gasteiger partial charge in [-0.05, 0) is 48.6 Å². The molecule has 1 aliphatic rings. The maximum Gasteiger partial charge on any atom is 0.264 e. The number of nitrogens with one attached hydrogen (secondary N) is 2. The van der Waals surface area contributed by atoms with Gasteiger partial charge in [0.15, 0.2) is 5.11 Å². The molecular formula is C25H22N8O2S3. The summed E-state index contributed by atoms with van der Waals surface area (Å²) in [5, 5.41) is 4.96. The first kappa shape index (κ1) is 24.4. The molecule has 2 N–H and O–H groups in total. The Bertz CT molecular complexity index is 1720. The van der Waals surface area contributed by atoms with Crippen molar-refractivity contribution in [1.29, 1.82) is 0 Å². The van der Waals surface area contributed by atoms with E-state index >= 15 is 0 Å². The Kier molecular flexibility index (Phi) is 6.47. The van der Waals surface area contributed by atoms with E-state index in [0.29, 0.717) is 10.8 Å². The Morgan fingerprint density at radius 1 is 0.895 bits per heavy atom. The van der Waals surface area contributed by atoms with Gasteiger partial charge in [-0.15, -0.1) is 11.3 Å². The van der Waals surface area contributed by atoms with Crippen molar-refractivity contribution in [2.24, 2.45) is 0 Å². The predicted octanol–water partition coefficient (Wildman–Crippen LogP) is 3.95. The van der Waals surface area contributed by atoms with E-state index < -0.39 is 10.0 Å². The average molecular weight is 563 g/mol. The second-order valence-corrected chi connectivity index (χ2v) is 11.7. The molecule has 0 amide bonds. The molecule has 13 heteroatoms. The SMILES string of the molecule is O=S(=O)(Nc1ncccn1)c1ccc(NC(=S)N2CCN(c3ncnc4c3sc3ccccc34)CC2)cc1. The lowest BCUT2D eigenvalue weighted by molar-refractivity contribution is 0.390. The van der Waals surface area contributed by atoms with Crippen molar-refractivity contribution < 1.29 is 8.42 Å². The molecule has 1 fully saturated rings. The fourth-order valence-electron chi connectivity index (χ4n) is 4.31. The fourth-order valence-corrected chi connectivity index (χ4v) is 6.74. The van der Waals surface area contributed by atoms with Gasteiger partial charge in [-0.25, -0.2) is 33.1 Å². The summed E-state index contributed by atoms with van der Waals surface area (Å²) in [6, 6.07) is 16.3. The second-order valence-electron chi connectivity index (χ2n) is 8.58. The number of thiocarbonyl (C=S) groups is 1. The number of benzene rings is 2. The molecule has 0 radical (unpaired) electrons. The molecule has 0 spiro atoms. The van der Waals surface area contributed by atoms with Crippen LogP contribution >= 0.6 is 23.6 Å². The molecule has 0 saturated carbocycles. The Balaban J connectivity index is 1.09. The van der Waals surface area contributed by atoms with Crippen LogP contribution in [0.1, 0.15) is 0 Å². The molecule has 3 aromatic heterocycles. The van der Waals surface area contributed by atoms with Crippen molar-refractivity contribution in [3.8, 4) is 0 Å². The number of thiophene rings is 1. The molecule has 1 saturated heterocycles. The summed E-state index contributed by atoms with van der Waals surface area (Å²) in [6.45, 7) is 3.00. The molecule has 6 rings (SSSR count). The van der Waals surface area contributed by atoms with Gasteiger partial charge in [-0.2, -0.15) is 0 Å². The number of aromatic nitrogens is 4. The van der Waals surface area contributed by atoms with Crippen LogP contribution in [0.25, 0.3) is 20.3 Å². The summed E-state index contributed by atoms with van der Waals surface area (Å²) in [5.74, 6) is 0.978. The first-order valence-corrected chi connectivity index (χ1v) is 14.5. The third-order valence-electron chi connectivity index (χ3n) is 6.21. The second kappa shape index (κ2) is 10.1. The van der Waals surface area contributed by atoms with E-state index in [1.165, 1.54) is 29.2 Å². The summed E-state index contributed by atoms with van der Waals surface area (Å²) in [4.78, 5) is 21.4. The highest BCUT2D eigenvalue weighted by molar-refractivity contribution is 7.92. The molecule has 0 atom stereocenters. The highest BCUT2D eigenvalue weighted by Crippen LogP contribution is 2.37. The monoisotopic (exact) mass is 562 g/mol. The molecule has 0 aliphatic carbocycles. The molecule has 192 valence electrons. The zero-order chi connectivity index (χ0) is 26.1. The highest BCUT2D eigenvalue weighted by atomic mass is 32.2. The molecule has 0 unspecified atom stereocenters. The number of piperazine rings is 1. The summed E-state index contributed by atoms with van der Waals surface area (Å²) in [5.41, 5.74) is 1.70. The lowest BCUT2D eigenvalue weighted by Crippen LogP contribution is -2.50. The Hall–Kier alpha value is -3.94. The maximum absolute atomic E-state index is 12.6. The molecular weight excluding hydrogens is 541 g/mol. The van der Waals surface area contributed by atoms with Crippen molar-refractivity contribution in [1.82, 2.24) is 24.8 Å². The standard InChI is InChI=1S/C25H22N8O2S3/c34-38(35,31-24-26-10-3-11-27-24)18-8-6-17(7-9-18)30-25(36)33-14-12-32(13-15-33)23-22-21(28-16-29-23)19-4-1-2-5-20(19)37-22/h1-11,16H,12-15H2,(H,30,36)(H,26,27,31). The topological polar surface area (TPSA) is 116 Å². The van der Waals surface area contributed by atoms with Crippen LogP contribution in [-0.2, 0) is 10.0 Å². The van der Waals surface area contributed by atoms with Crippen molar-refractivity contribution in [3.63, 3.8) is 0 Å². The van der Waals surface area contributed by atoms with Crippen molar-refractivity contribution in [3.05, 3.63) is 73.3 Å². The summed E-state index contributed by atoms with van der Waals surface area (Å²) in [6.07, 6.45) is 4.58. The lowest BCUT2D eigenvalue weighted by Gasteiger charge is -2.36. The van der Waals surface area contributed by atoms with Gasteiger partial charge in [-0.1, -0.05) is 18.2 Å². The van der Waals surface area contributed by atoms with Crippen molar-refractivity contribution in [2.75, 3.05) is 41.1 Å². The predicted molar refractivity (Wildman–Crippen MR) is 154 cm³/mol. The van der Waals surface area contributed by atoms with Gasteiger partial charge in [0.25, 0.3) is 10.0 Å². The van der Waals surface area contributed by atoms with Crippen molar-refractivity contribution >= 4 is 76.4 Å². The Morgan fingerprint density at radius 3 is 2.39 bits per heavy atom. The average Bonchev–Trinajstić information content (AvgIpc) is 3.33. The molecule has 5 aromatic rings. The van der Waals surface area contributed by atoms with Gasteiger partial charge >= 0.3 is 0 Å². The first-order chi connectivity index (χ1) is 18.5. The van der Waals surface area contributed by atoms with Gasteiger partial charge in [0.2, 0.25) is 5.95 Å². The Morgan fingerprint density at radius 2 is 1.63 bits per heavy atom. The van der Waals surface area contributed by atoms with Gasteiger partial charge in [0.05, 0.1) is 15.1 Å². The third-order valence-corrected chi connectivity index (χ3v) is 9.07. The quantitative estimate of drug-likeness (QED) is 0.305. The highest BCUT2D eigenvalue weighted by Gasteiger charge is 2.23. The molecule has 38 heavy (non-hydrogen) atoms. The van der Waals surface area contributed by atoms with Gasteiger partial charge < -0.3 is 15.1 Å². The fraction of sp³-hybridized carbons (Fsp3) is 0.160. The zero-order valence-corrected chi connectivity index (χ0v) is 22.4. The van der Waals surface area contributed by atoms with Gasteiger partial charge in [0, 0.05) is 54.3 Å². The van der Waals surface area contributed by atoms with Crippen LogP contribution in [0, 0.1) is 0 Å². The van der Waals surface area contributed by atoms with Crippen LogP contribution in [0.15, 0.2) is 78.2 Å². The van der Waals surface area contributed by atoms with E-state index in [9.17, 15) is 8.42 Å². The van der Waals surface area contributed by atoms with E-state index in [0.717, 1.165) is 47.6 Å². The largest absolute Gasteiger partial charge is 0.352 e. The smallest absolute Gasteiger partial charge is 0.264 e. The van der Waals surface area contributed by atoms with Crippen LogP contribution in [0.5, 0.6) is 0 Å². The first-order valence-electron chi connectivity index (χ1n) is 11.8. The van der Waals surface area contributed by atoms with Gasteiger partial charge in [-0.3, -0.25) is 0 Å². The van der Waals surface area contributed by atoms with E-state index in [1.807, 2.05) is 12.1 Å². The molecule has 10 nitrogen and oxygen atoms in total. The number of fused-ring (bicyclic) bond motifs is 3. The Labute approximate surface area is 228 Å². The number of hydrogen-bond acceptors (Lipinski definition) is 9. The summed E-state index contributed by atoms with van der Waals surface area (Å²) < 4.78 is 29.9. The third kappa shape index (κ3) is 4.83. The van der Waals surface area contributed by atoms with Crippen molar-refractivity contribution in [2.45, 2.75) is 4.90 Å². The molecule has 1 aliphatic heterocycles. The number of rotatable bonds is 5. The minimum Gasteiger partial charge on any atom is -0.352 e. The maximum atomic E-state index is 12.6. The van der Waals surface area contributed by atoms with E-state index in [1.54, 1.807) is 35.9 Å². The molecule has 0 bridgehead atoms. The molecule has 4 heterocycles. The normalized spacial score (nSPS) is 14.1. The van der Waals surface area contributed by atoms with Gasteiger partial charge in [0.1, 0.15) is 12.1 Å². The minimum atomic E-state index is -3.80. The molecule has 2 aromatic carbocycles. The zero-order valence-electron chi connectivity index (χ0n) is 20.0. The lowest BCUT2D eigenvalue weighted by atomic mass is 10.2. The van der Waals surface area contributed by atoms with Crippen LogP contribution in [0.2, 0.25) is 0 Å². The summed E-state index contributed by atoms with van der Waals surface area (Å²) >= 11 is 7.37. The summed E-state index contributed by atoms with van der Waals surface area (Å²) in [7, 11) is -3.80. The van der Waals surface area contributed by atoms with Crippen LogP contribution in [0.4, 0.5) is 17.5 Å². The number of sulfonamides is 1. The van der Waals surface area contributed by atoms with Crippen LogP contribution < -0.4 is 14.9 Å². The van der Waals surface area contributed by atoms with E-state index in [2.05, 4.69) is 51.9 Å². The van der Waals surface area contributed by atoms with Crippen LogP contribution in [0.3, 0.4) is 0 Å².